The normalized spacial score (nSPS) is 8.29. The van der Waals surface area contributed by atoms with Gasteiger partial charge in [0.05, 0.1) is 0 Å². The summed E-state index contributed by atoms with van der Waals surface area (Å²) in [5, 5.41) is 0. The third-order valence-corrected chi connectivity index (χ3v) is 0. The summed E-state index contributed by atoms with van der Waals surface area (Å²) in [6.07, 6.45) is 0. The summed E-state index contributed by atoms with van der Waals surface area (Å²) < 4.78 is 34.1. The summed E-state index contributed by atoms with van der Waals surface area (Å²) in [4.78, 5) is 0. The predicted octanol–water partition coefficient (Wildman–Crippen LogP) is -7.33. The van der Waals surface area contributed by atoms with Gasteiger partial charge < -0.3 is 9.11 Å². The van der Waals surface area contributed by atoms with Crippen LogP contribution in [0.15, 0.2) is 0 Å². The van der Waals surface area contributed by atoms with E-state index in [4.69, 9.17) is 17.5 Å². The molecule has 0 saturated carbocycles. The number of hydrogen-bond acceptors (Lipinski definition) is 4. The maximum Gasteiger partial charge on any atom is 1.00 e. The molecule has 7 heavy (non-hydrogen) atoms. The molecule has 0 fully saturated rings. The second-order valence-electron chi connectivity index (χ2n) is 0.408. The minimum Gasteiger partial charge on any atom is -0.759 e. The maximum atomic E-state index is 8.52. The van der Waals surface area contributed by atoms with Crippen LogP contribution < -0.4 is 87.8 Å². The van der Waals surface area contributed by atoms with Gasteiger partial charge in [0.15, 0.2) is 0 Å². The van der Waals surface area contributed by atoms with E-state index in [-0.39, 0.29) is 87.8 Å². The molecular weight excluding hydrogens is 236 g/mol. The molecule has 0 rings (SSSR count). The fraction of sp³-hybridized carbons (Fsp3) is 0. The average molecular weight is 236 g/mol. The Morgan fingerprint density at radius 2 is 1.14 bits per heavy atom. The van der Waals surface area contributed by atoms with Gasteiger partial charge in [0.1, 0.15) is 0 Å². The van der Waals surface area contributed by atoms with Gasteiger partial charge in [-0.3, -0.25) is 8.42 Å². The largest absolute Gasteiger partial charge is 1.00 e. The van der Waals surface area contributed by atoms with Crippen molar-refractivity contribution in [2.75, 3.05) is 0 Å². The molecule has 0 unspecified atom stereocenters. The molecule has 0 aromatic heterocycles. The Labute approximate surface area is 113 Å². The van der Waals surface area contributed by atoms with Gasteiger partial charge in [0, 0.05) is 10.4 Å². The Morgan fingerprint density at radius 1 is 1.14 bits per heavy atom. The standard InChI is InChI=1S/Cs.Li.H2O4S/c;;1-5(2,3)4/h;;(H2,1,2,3,4)/q2*+1;/p-2. The van der Waals surface area contributed by atoms with E-state index in [1.54, 1.807) is 0 Å². The van der Waals surface area contributed by atoms with E-state index in [9.17, 15) is 0 Å². The van der Waals surface area contributed by atoms with E-state index < -0.39 is 10.4 Å². The van der Waals surface area contributed by atoms with Crippen molar-refractivity contribution in [2.24, 2.45) is 0 Å². The molecule has 0 aliphatic heterocycles. The van der Waals surface area contributed by atoms with Crippen molar-refractivity contribution in [3.63, 3.8) is 0 Å². The summed E-state index contributed by atoms with van der Waals surface area (Å²) in [5.41, 5.74) is 0. The van der Waals surface area contributed by atoms with E-state index in [0.717, 1.165) is 0 Å². The molecule has 0 spiro atoms. The molecule has 0 aromatic carbocycles. The van der Waals surface area contributed by atoms with Gasteiger partial charge in [0.25, 0.3) is 0 Å². The van der Waals surface area contributed by atoms with Crippen LogP contribution in [0.4, 0.5) is 0 Å². The monoisotopic (exact) mass is 236 g/mol. The van der Waals surface area contributed by atoms with Gasteiger partial charge in [-0.15, -0.1) is 0 Å². The number of hydrogen-bond donors (Lipinski definition) is 0. The van der Waals surface area contributed by atoms with Crippen molar-refractivity contribution in [1.82, 2.24) is 0 Å². The Kier molecular flexibility index (Phi) is 15.4. The van der Waals surface area contributed by atoms with Crippen LogP contribution >= 0.6 is 0 Å². The Hall–Kier alpha value is 2.52. The first-order valence-electron chi connectivity index (χ1n) is 0.667. The van der Waals surface area contributed by atoms with Crippen LogP contribution in [0.25, 0.3) is 0 Å². The quantitative estimate of drug-likeness (QED) is 0.238. The molecular formula is CsLiO4S. The van der Waals surface area contributed by atoms with Gasteiger partial charge in [-0.2, -0.15) is 0 Å². The zero-order chi connectivity index (χ0) is 4.50. The molecule has 0 heterocycles. The van der Waals surface area contributed by atoms with Crippen molar-refractivity contribution in [1.29, 1.82) is 0 Å². The zero-order valence-corrected chi connectivity index (χ0v) is 11.1. The second kappa shape index (κ2) is 6.64. The SMILES string of the molecule is O=S(=O)([O-])[O-].[Cs+].[Li+]. The molecule has 0 aliphatic rings. The molecule has 0 bridgehead atoms. The van der Waals surface area contributed by atoms with E-state index in [1.807, 2.05) is 0 Å². The minimum absolute atomic E-state index is 0. The molecule has 0 radical (unpaired) electrons. The van der Waals surface area contributed by atoms with E-state index in [1.165, 1.54) is 0 Å². The van der Waals surface area contributed by atoms with Gasteiger partial charge in [-0.25, -0.2) is 0 Å². The second-order valence-corrected chi connectivity index (χ2v) is 1.22. The maximum absolute atomic E-state index is 8.52. The van der Waals surface area contributed by atoms with Gasteiger partial charge in [-0.05, 0) is 0 Å². The van der Waals surface area contributed by atoms with E-state index in [0.29, 0.717) is 0 Å². The summed E-state index contributed by atoms with van der Waals surface area (Å²) in [7, 11) is -5.17. The topological polar surface area (TPSA) is 80.3 Å². The summed E-state index contributed by atoms with van der Waals surface area (Å²) in [6, 6.07) is 0. The van der Waals surface area contributed by atoms with Crippen LogP contribution in [0.5, 0.6) is 0 Å². The Morgan fingerprint density at radius 3 is 1.14 bits per heavy atom. The van der Waals surface area contributed by atoms with Crippen molar-refractivity contribution in [2.45, 2.75) is 0 Å². The van der Waals surface area contributed by atoms with Crippen LogP contribution in [0.1, 0.15) is 0 Å². The molecule has 0 aromatic rings. The minimum atomic E-state index is -5.17. The van der Waals surface area contributed by atoms with Gasteiger partial charge in [-0.1, -0.05) is 0 Å². The third kappa shape index (κ3) is 57.0. The molecule has 0 aliphatic carbocycles. The molecule has 0 atom stereocenters. The zero-order valence-electron chi connectivity index (χ0n) is 4.04. The summed E-state index contributed by atoms with van der Waals surface area (Å²) >= 11 is 0. The van der Waals surface area contributed by atoms with Crippen LogP contribution in [0, 0.1) is 0 Å². The predicted molar refractivity (Wildman–Crippen MR) is 10.5 cm³/mol. The van der Waals surface area contributed by atoms with Crippen molar-refractivity contribution in [3.05, 3.63) is 0 Å². The van der Waals surface area contributed by atoms with Crippen LogP contribution in [0.2, 0.25) is 0 Å². The summed E-state index contributed by atoms with van der Waals surface area (Å²) in [6.45, 7) is 0. The molecule has 7 heteroatoms. The van der Waals surface area contributed by atoms with Gasteiger partial charge >= 0.3 is 87.8 Å². The third-order valence-electron chi connectivity index (χ3n) is 0. The van der Waals surface area contributed by atoms with Crippen LogP contribution in [-0.4, -0.2) is 17.5 Å². The average Bonchev–Trinajstić information content (AvgIpc) is 0.722. The molecule has 0 saturated heterocycles. The van der Waals surface area contributed by atoms with Crippen molar-refractivity contribution < 1.29 is 105 Å². The Balaban J connectivity index is -0.0000000800. The smallest absolute Gasteiger partial charge is 0.759 e. The first-order valence-corrected chi connectivity index (χ1v) is 2.00. The van der Waals surface area contributed by atoms with E-state index in [2.05, 4.69) is 0 Å². The first-order chi connectivity index (χ1) is 2.00. The summed E-state index contributed by atoms with van der Waals surface area (Å²) in [5.74, 6) is 0. The molecule has 0 amide bonds. The van der Waals surface area contributed by atoms with E-state index >= 15 is 0 Å². The Bertz CT molecular complexity index is 94.9. The van der Waals surface area contributed by atoms with Crippen molar-refractivity contribution >= 4 is 10.4 Å². The fourth-order valence-corrected chi connectivity index (χ4v) is 0. The molecule has 4 nitrogen and oxygen atoms in total. The molecule has 32 valence electrons. The van der Waals surface area contributed by atoms with Crippen molar-refractivity contribution in [3.8, 4) is 0 Å². The van der Waals surface area contributed by atoms with Gasteiger partial charge in [0.2, 0.25) is 0 Å². The van der Waals surface area contributed by atoms with Crippen LogP contribution in [-0.2, 0) is 10.4 Å². The fourth-order valence-electron chi connectivity index (χ4n) is 0. The first kappa shape index (κ1) is 16.3. The molecule has 0 N–H and O–H groups in total. The van der Waals surface area contributed by atoms with Crippen LogP contribution in [0.3, 0.4) is 0 Å². The number of rotatable bonds is 0.